The molecule has 0 spiro atoms. The first-order valence-corrected chi connectivity index (χ1v) is 8.42. The molecule has 3 aromatic rings. The fourth-order valence-electron chi connectivity index (χ4n) is 3.05. The Morgan fingerprint density at radius 1 is 1.27 bits per heavy atom. The topological polar surface area (TPSA) is 91.2 Å². The van der Waals surface area contributed by atoms with Crippen LogP contribution in [0, 0.1) is 13.8 Å². The SMILES string of the molecule is Cc1n[nH]c(=O)c2c(NC(=O)CN(C)C(C)c3ccccc3)oc(C)c12. The van der Waals surface area contributed by atoms with Crippen molar-refractivity contribution >= 4 is 22.6 Å². The summed E-state index contributed by atoms with van der Waals surface area (Å²) in [6.07, 6.45) is 0. The lowest BCUT2D eigenvalue weighted by atomic mass is 10.1. The normalized spacial score (nSPS) is 12.5. The number of rotatable bonds is 5. The van der Waals surface area contributed by atoms with Gasteiger partial charge in [0, 0.05) is 6.04 Å². The van der Waals surface area contributed by atoms with E-state index in [9.17, 15) is 9.59 Å². The highest BCUT2D eigenvalue weighted by molar-refractivity contribution is 6.01. The molecular formula is C19H22N4O3. The summed E-state index contributed by atoms with van der Waals surface area (Å²) in [4.78, 5) is 26.5. The van der Waals surface area contributed by atoms with Gasteiger partial charge in [0.25, 0.3) is 5.56 Å². The van der Waals surface area contributed by atoms with E-state index in [1.165, 1.54) is 0 Å². The van der Waals surface area contributed by atoms with Crippen molar-refractivity contribution in [2.24, 2.45) is 0 Å². The second-order valence-electron chi connectivity index (χ2n) is 6.43. The number of nitrogens with zero attached hydrogens (tertiary/aromatic N) is 2. The van der Waals surface area contributed by atoms with E-state index in [4.69, 9.17) is 4.42 Å². The highest BCUT2D eigenvalue weighted by Gasteiger charge is 2.20. The van der Waals surface area contributed by atoms with Gasteiger partial charge in [0.05, 0.1) is 17.6 Å². The first-order valence-electron chi connectivity index (χ1n) is 8.42. The van der Waals surface area contributed by atoms with Crippen LogP contribution in [0.15, 0.2) is 39.5 Å². The van der Waals surface area contributed by atoms with Crippen molar-refractivity contribution in [1.29, 1.82) is 0 Å². The molecule has 0 saturated heterocycles. The highest BCUT2D eigenvalue weighted by atomic mass is 16.4. The maximum atomic E-state index is 12.5. The Kier molecular flexibility index (Phi) is 4.90. The number of anilines is 1. The molecule has 1 unspecified atom stereocenters. The fourth-order valence-corrected chi connectivity index (χ4v) is 3.05. The van der Waals surface area contributed by atoms with Gasteiger partial charge in [0.2, 0.25) is 11.8 Å². The van der Waals surface area contributed by atoms with Gasteiger partial charge in [-0.25, -0.2) is 5.10 Å². The maximum Gasteiger partial charge on any atom is 0.277 e. The number of furan rings is 1. The van der Waals surface area contributed by atoms with E-state index in [2.05, 4.69) is 15.5 Å². The molecule has 0 aliphatic rings. The van der Waals surface area contributed by atoms with E-state index in [0.29, 0.717) is 22.2 Å². The van der Waals surface area contributed by atoms with Crippen molar-refractivity contribution in [3.63, 3.8) is 0 Å². The summed E-state index contributed by atoms with van der Waals surface area (Å²) in [5, 5.41) is 10.0. The van der Waals surface area contributed by atoms with Crippen LogP contribution in [0.25, 0.3) is 10.8 Å². The number of H-pyrrole nitrogens is 1. The van der Waals surface area contributed by atoms with Gasteiger partial charge in [-0.15, -0.1) is 0 Å². The van der Waals surface area contributed by atoms with Crippen LogP contribution in [0.3, 0.4) is 0 Å². The molecule has 0 radical (unpaired) electrons. The van der Waals surface area contributed by atoms with E-state index in [1.807, 2.05) is 49.2 Å². The van der Waals surface area contributed by atoms with E-state index in [-0.39, 0.29) is 29.9 Å². The third kappa shape index (κ3) is 3.39. The van der Waals surface area contributed by atoms with Crippen molar-refractivity contribution in [1.82, 2.24) is 15.1 Å². The Bertz CT molecular complexity index is 991. The first-order chi connectivity index (χ1) is 12.4. The number of aromatic amines is 1. The van der Waals surface area contributed by atoms with Gasteiger partial charge in [-0.3, -0.25) is 19.8 Å². The zero-order valence-electron chi connectivity index (χ0n) is 15.3. The zero-order chi connectivity index (χ0) is 18.8. The molecule has 7 nitrogen and oxygen atoms in total. The summed E-state index contributed by atoms with van der Waals surface area (Å²) in [7, 11) is 1.88. The monoisotopic (exact) mass is 354 g/mol. The molecule has 2 aromatic heterocycles. The van der Waals surface area contributed by atoms with Gasteiger partial charge < -0.3 is 4.42 Å². The lowest BCUT2D eigenvalue weighted by Gasteiger charge is -2.24. The van der Waals surface area contributed by atoms with E-state index < -0.39 is 0 Å². The molecule has 2 heterocycles. The molecule has 0 aliphatic heterocycles. The van der Waals surface area contributed by atoms with E-state index in [0.717, 1.165) is 5.56 Å². The Morgan fingerprint density at radius 2 is 1.96 bits per heavy atom. The standard InChI is InChI=1S/C19H22N4O3/c1-11-16-13(3)26-19(17(16)18(25)22-21-11)20-15(24)10-23(4)12(2)14-8-6-5-7-9-14/h5-9,12H,10H2,1-4H3,(H,20,24)(H,22,25). The molecule has 136 valence electrons. The number of benzene rings is 1. The average Bonchev–Trinajstić information content (AvgIpc) is 2.95. The lowest BCUT2D eigenvalue weighted by Crippen LogP contribution is -2.32. The molecule has 1 atom stereocenters. The van der Waals surface area contributed by atoms with Crippen molar-refractivity contribution in [2.45, 2.75) is 26.8 Å². The number of carbonyl (C=O) groups excluding carboxylic acids is 1. The summed E-state index contributed by atoms with van der Waals surface area (Å²) in [6.45, 7) is 5.73. The van der Waals surface area contributed by atoms with Crippen molar-refractivity contribution in [3.8, 4) is 0 Å². The maximum absolute atomic E-state index is 12.5. The highest BCUT2D eigenvalue weighted by Crippen LogP contribution is 2.28. The minimum absolute atomic E-state index is 0.0758. The van der Waals surface area contributed by atoms with Gasteiger partial charge in [-0.1, -0.05) is 30.3 Å². The number of fused-ring (bicyclic) bond motifs is 1. The third-order valence-electron chi connectivity index (χ3n) is 4.59. The smallest absolute Gasteiger partial charge is 0.277 e. The number of likely N-dealkylation sites (N-methyl/N-ethyl adjacent to an activating group) is 1. The molecule has 7 heteroatoms. The molecule has 0 aliphatic carbocycles. The number of carbonyl (C=O) groups is 1. The Labute approximate surface area is 151 Å². The molecule has 1 aromatic carbocycles. The summed E-state index contributed by atoms with van der Waals surface area (Å²) < 4.78 is 5.61. The molecule has 26 heavy (non-hydrogen) atoms. The second kappa shape index (κ2) is 7.13. The quantitative estimate of drug-likeness (QED) is 0.735. The van der Waals surface area contributed by atoms with Crippen LogP contribution >= 0.6 is 0 Å². The molecule has 0 bridgehead atoms. The number of hydrogen-bond donors (Lipinski definition) is 2. The van der Waals surface area contributed by atoms with Crippen LogP contribution < -0.4 is 10.9 Å². The summed E-state index contributed by atoms with van der Waals surface area (Å²) in [5.74, 6) is 0.465. The predicted molar refractivity (Wildman–Crippen MR) is 100 cm³/mol. The minimum atomic E-state index is -0.385. The average molecular weight is 354 g/mol. The summed E-state index contributed by atoms with van der Waals surface area (Å²) in [5.41, 5.74) is 1.39. The number of nitrogens with one attached hydrogen (secondary N) is 2. The summed E-state index contributed by atoms with van der Waals surface area (Å²) >= 11 is 0. The van der Waals surface area contributed by atoms with Crippen LogP contribution in [0.5, 0.6) is 0 Å². The number of aromatic nitrogens is 2. The van der Waals surface area contributed by atoms with Gasteiger partial charge in [-0.2, -0.15) is 5.10 Å². The first kappa shape index (κ1) is 17.9. The third-order valence-corrected chi connectivity index (χ3v) is 4.59. The van der Waals surface area contributed by atoms with E-state index in [1.54, 1.807) is 13.8 Å². The summed E-state index contributed by atoms with van der Waals surface area (Å²) in [6, 6.07) is 10.0. The molecule has 0 saturated carbocycles. The van der Waals surface area contributed by atoms with Gasteiger partial charge >= 0.3 is 0 Å². The van der Waals surface area contributed by atoms with Gasteiger partial charge in [0.15, 0.2) is 0 Å². The molecule has 2 N–H and O–H groups in total. The molecule has 3 rings (SSSR count). The van der Waals surface area contributed by atoms with Crippen LogP contribution in [0.4, 0.5) is 5.88 Å². The van der Waals surface area contributed by atoms with Gasteiger partial charge in [-0.05, 0) is 33.4 Å². The number of amides is 1. The Balaban J connectivity index is 1.78. The van der Waals surface area contributed by atoms with Crippen molar-refractivity contribution in [2.75, 3.05) is 18.9 Å². The Hall–Kier alpha value is -2.93. The van der Waals surface area contributed by atoms with Crippen LogP contribution in [-0.4, -0.2) is 34.6 Å². The zero-order valence-corrected chi connectivity index (χ0v) is 15.3. The van der Waals surface area contributed by atoms with Crippen LogP contribution in [0.2, 0.25) is 0 Å². The predicted octanol–water partition coefficient (Wildman–Crippen LogP) is 2.76. The largest absolute Gasteiger partial charge is 0.444 e. The second-order valence-corrected chi connectivity index (χ2v) is 6.43. The number of hydrogen-bond acceptors (Lipinski definition) is 5. The van der Waals surface area contributed by atoms with Crippen LogP contribution in [-0.2, 0) is 4.79 Å². The number of aryl methyl sites for hydroxylation is 2. The molecule has 0 fully saturated rings. The van der Waals surface area contributed by atoms with Crippen LogP contribution in [0.1, 0.15) is 30.0 Å². The van der Waals surface area contributed by atoms with Crippen molar-refractivity contribution < 1.29 is 9.21 Å². The fraction of sp³-hybridized carbons (Fsp3) is 0.316. The molecule has 1 amide bonds. The van der Waals surface area contributed by atoms with E-state index >= 15 is 0 Å². The van der Waals surface area contributed by atoms with Gasteiger partial charge in [0.1, 0.15) is 11.1 Å². The minimum Gasteiger partial charge on any atom is -0.444 e. The van der Waals surface area contributed by atoms with Crippen molar-refractivity contribution in [3.05, 3.63) is 57.7 Å². The Morgan fingerprint density at radius 3 is 2.65 bits per heavy atom. The molecular weight excluding hydrogens is 332 g/mol. The lowest BCUT2D eigenvalue weighted by molar-refractivity contribution is -0.117.